The van der Waals surface area contributed by atoms with Crippen LogP contribution in [0.15, 0.2) is 0 Å². The van der Waals surface area contributed by atoms with Crippen LogP contribution in [0.3, 0.4) is 0 Å². The third-order valence-corrected chi connectivity index (χ3v) is 2.38. The third kappa shape index (κ3) is 6.39. The van der Waals surface area contributed by atoms with Crippen LogP contribution in [0.4, 0.5) is 0 Å². The molecule has 0 spiro atoms. The first-order valence-corrected chi connectivity index (χ1v) is 5.70. The van der Waals surface area contributed by atoms with Gasteiger partial charge in [-0.05, 0) is 26.3 Å². The van der Waals surface area contributed by atoms with Crippen molar-refractivity contribution in [2.45, 2.75) is 54.1 Å². The highest BCUT2D eigenvalue weighted by molar-refractivity contribution is 4.70. The Labute approximate surface area is 90.6 Å². The Morgan fingerprint density at radius 3 is 2.00 bits per heavy atom. The molecule has 0 amide bonds. The van der Waals surface area contributed by atoms with Crippen LogP contribution in [0.25, 0.3) is 0 Å². The van der Waals surface area contributed by atoms with E-state index in [2.05, 4.69) is 18.7 Å². The Morgan fingerprint density at radius 2 is 1.64 bits per heavy atom. The van der Waals surface area contributed by atoms with Crippen molar-refractivity contribution in [3.8, 4) is 0 Å². The molecule has 88 valence electrons. The van der Waals surface area contributed by atoms with Gasteiger partial charge in [0.2, 0.25) is 0 Å². The van der Waals surface area contributed by atoms with Crippen molar-refractivity contribution >= 4 is 0 Å². The van der Waals surface area contributed by atoms with Gasteiger partial charge in [-0.15, -0.1) is 0 Å². The molecule has 0 N–H and O–H groups in total. The van der Waals surface area contributed by atoms with Crippen LogP contribution in [-0.4, -0.2) is 37.2 Å². The first kappa shape index (κ1) is 16.4. The molecule has 0 radical (unpaired) electrons. The van der Waals surface area contributed by atoms with Gasteiger partial charge >= 0.3 is 0 Å². The Balaban J connectivity index is 0. The van der Waals surface area contributed by atoms with E-state index in [0.717, 1.165) is 6.61 Å². The van der Waals surface area contributed by atoms with E-state index >= 15 is 0 Å². The normalized spacial score (nSPS) is 18.0. The summed E-state index contributed by atoms with van der Waals surface area (Å²) in [7, 11) is 0. The molecule has 2 nitrogen and oxygen atoms in total. The van der Waals surface area contributed by atoms with Gasteiger partial charge in [-0.25, -0.2) is 0 Å². The SMILES string of the molecule is C.CC.CCOC1CCN(CC)CC1. The molecule has 0 saturated carbocycles. The van der Waals surface area contributed by atoms with E-state index < -0.39 is 0 Å². The Kier molecular flexibility index (Phi) is 12.8. The Hall–Kier alpha value is -0.0800. The molecular formula is C12H29NO. The van der Waals surface area contributed by atoms with E-state index in [1.54, 1.807) is 0 Å². The molecule has 1 aliphatic heterocycles. The fourth-order valence-electron chi connectivity index (χ4n) is 1.63. The van der Waals surface area contributed by atoms with Crippen molar-refractivity contribution in [1.82, 2.24) is 4.90 Å². The number of piperidine rings is 1. The summed E-state index contributed by atoms with van der Waals surface area (Å²) in [4.78, 5) is 2.48. The summed E-state index contributed by atoms with van der Waals surface area (Å²) in [6.45, 7) is 12.8. The van der Waals surface area contributed by atoms with Gasteiger partial charge in [0.15, 0.2) is 0 Å². The standard InChI is InChI=1S/C9H19NO.C2H6.CH4/c1-3-10-7-5-9(6-8-10)11-4-2;1-2;/h9H,3-8H2,1-2H3;1-2H3;1H4. The average Bonchev–Trinajstić information content (AvgIpc) is 2.23. The van der Waals surface area contributed by atoms with Crippen molar-refractivity contribution in [2.24, 2.45) is 0 Å². The summed E-state index contributed by atoms with van der Waals surface area (Å²) in [5, 5.41) is 0. The predicted molar refractivity (Wildman–Crippen MR) is 64.8 cm³/mol. The smallest absolute Gasteiger partial charge is 0.0599 e. The summed E-state index contributed by atoms with van der Waals surface area (Å²) < 4.78 is 5.55. The topological polar surface area (TPSA) is 12.5 Å². The molecule has 0 atom stereocenters. The van der Waals surface area contributed by atoms with E-state index in [0.29, 0.717) is 6.10 Å². The fraction of sp³-hybridized carbons (Fsp3) is 1.00. The predicted octanol–water partition coefficient (Wildman–Crippen LogP) is 3.17. The monoisotopic (exact) mass is 203 g/mol. The van der Waals surface area contributed by atoms with E-state index in [1.807, 2.05) is 13.8 Å². The van der Waals surface area contributed by atoms with Gasteiger partial charge in [-0.3, -0.25) is 0 Å². The molecule has 0 aromatic rings. The van der Waals surface area contributed by atoms with Crippen LogP contribution < -0.4 is 0 Å². The molecule has 0 bridgehead atoms. The van der Waals surface area contributed by atoms with Gasteiger partial charge in [0, 0.05) is 19.7 Å². The highest BCUT2D eigenvalue weighted by atomic mass is 16.5. The van der Waals surface area contributed by atoms with Gasteiger partial charge < -0.3 is 9.64 Å². The number of ether oxygens (including phenoxy) is 1. The minimum atomic E-state index is 0. The number of likely N-dealkylation sites (tertiary alicyclic amines) is 1. The third-order valence-electron chi connectivity index (χ3n) is 2.38. The van der Waals surface area contributed by atoms with Crippen LogP contribution >= 0.6 is 0 Å². The summed E-state index contributed by atoms with van der Waals surface area (Å²) in [5.74, 6) is 0. The molecule has 0 aliphatic carbocycles. The second-order valence-corrected chi connectivity index (χ2v) is 3.09. The van der Waals surface area contributed by atoms with Crippen LogP contribution in [0.1, 0.15) is 48.0 Å². The molecule has 1 heterocycles. The molecule has 0 aromatic carbocycles. The highest BCUT2D eigenvalue weighted by Gasteiger charge is 2.17. The molecule has 14 heavy (non-hydrogen) atoms. The number of rotatable bonds is 3. The van der Waals surface area contributed by atoms with E-state index in [4.69, 9.17) is 4.74 Å². The van der Waals surface area contributed by atoms with E-state index in [-0.39, 0.29) is 7.43 Å². The van der Waals surface area contributed by atoms with Crippen molar-refractivity contribution in [3.05, 3.63) is 0 Å². The average molecular weight is 203 g/mol. The zero-order valence-corrected chi connectivity index (χ0v) is 9.68. The molecule has 1 fully saturated rings. The van der Waals surface area contributed by atoms with Crippen molar-refractivity contribution in [3.63, 3.8) is 0 Å². The van der Waals surface area contributed by atoms with Gasteiger partial charge in [0.05, 0.1) is 6.10 Å². The van der Waals surface area contributed by atoms with Gasteiger partial charge in [-0.1, -0.05) is 28.2 Å². The van der Waals surface area contributed by atoms with Gasteiger partial charge in [0.1, 0.15) is 0 Å². The summed E-state index contributed by atoms with van der Waals surface area (Å²) in [5.41, 5.74) is 0. The first-order chi connectivity index (χ1) is 6.36. The summed E-state index contributed by atoms with van der Waals surface area (Å²) in [6, 6.07) is 0. The zero-order chi connectivity index (χ0) is 10.1. The number of hydrogen-bond acceptors (Lipinski definition) is 2. The lowest BCUT2D eigenvalue weighted by atomic mass is 10.1. The second kappa shape index (κ2) is 11.0. The fourth-order valence-corrected chi connectivity index (χ4v) is 1.63. The largest absolute Gasteiger partial charge is 0.378 e. The van der Waals surface area contributed by atoms with Gasteiger partial charge in [-0.2, -0.15) is 0 Å². The highest BCUT2D eigenvalue weighted by Crippen LogP contribution is 2.12. The molecular weight excluding hydrogens is 174 g/mol. The van der Waals surface area contributed by atoms with E-state index in [1.165, 1.54) is 32.5 Å². The lowest BCUT2D eigenvalue weighted by molar-refractivity contribution is 0.0154. The van der Waals surface area contributed by atoms with Crippen LogP contribution in [0, 0.1) is 0 Å². The summed E-state index contributed by atoms with van der Waals surface area (Å²) in [6.07, 6.45) is 2.99. The lowest BCUT2D eigenvalue weighted by Crippen LogP contribution is -2.36. The molecule has 0 aromatic heterocycles. The van der Waals surface area contributed by atoms with Crippen molar-refractivity contribution < 1.29 is 4.74 Å². The van der Waals surface area contributed by atoms with Crippen LogP contribution in [0.5, 0.6) is 0 Å². The molecule has 2 heteroatoms. The minimum absolute atomic E-state index is 0. The quantitative estimate of drug-likeness (QED) is 0.698. The maximum Gasteiger partial charge on any atom is 0.0599 e. The molecule has 1 rings (SSSR count). The second-order valence-electron chi connectivity index (χ2n) is 3.09. The molecule has 1 saturated heterocycles. The number of nitrogens with zero attached hydrogens (tertiary/aromatic N) is 1. The maximum absolute atomic E-state index is 5.55. The summed E-state index contributed by atoms with van der Waals surface area (Å²) >= 11 is 0. The first-order valence-electron chi connectivity index (χ1n) is 5.70. The lowest BCUT2D eigenvalue weighted by Gasteiger charge is -2.30. The maximum atomic E-state index is 5.55. The van der Waals surface area contributed by atoms with Gasteiger partial charge in [0.25, 0.3) is 0 Å². The minimum Gasteiger partial charge on any atom is -0.378 e. The molecule has 0 unspecified atom stereocenters. The Bertz CT molecular complexity index is 98.5. The zero-order valence-electron chi connectivity index (χ0n) is 9.68. The Morgan fingerprint density at radius 1 is 1.14 bits per heavy atom. The van der Waals surface area contributed by atoms with Crippen molar-refractivity contribution in [2.75, 3.05) is 26.2 Å². The molecule has 1 aliphatic rings. The van der Waals surface area contributed by atoms with Crippen LogP contribution in [-0.2, 0) is 4.74 Å². The van der Waals surface area contributed by atoms with E-state index in [9.17, 15) is 0 Å². The van der Waals surface area contributed by atoms with Crippen molar-refractivity contribution in [1.29, 1.82) is 0 Å². The number of hydrogen-bond donors (Lipinski definition) is 0. The van der Waals surface area contributed by atoms with Crippen LogP contribution in [0.2, 0.25) is 0 Å².